The molecule has 1 aliphatic rings. The Morgan fingerprint density at radius 3 is 2.79 bits per heavy atom. The number of aliphatic imine (C=N–C) groups is 1. The van der Waals surface area contributed by atoms with Gasteiger partial charge in [-0.25, -0.2) is 9.37 Å². The minimum absolute atomic E-state index is 0. The van der Waals surface area contributed by atoms with Crippen molar-refractivity contribution < 1.29 is 4.39 Å². The average molecular weight is 512 g/mol. The maximum Gasteiger partial charge on any atom is 0.191 e. The molecule has 1 unspecified atom stereocenters. The maximum atomic E-state index is 13.9. The van der Waals surface area contributed by atoms with Crippen molar-refractivity contribution >= 4 is 41.4 Å². The summed E-state index contributed by atoms with van der Waals surface area (Å²) in [5, 5.41) is 6.81. The second-order valence-corrected chi connectivity index (χ2v) is 6.99. The summed E-state index contributed by atoms with van der Waals surface area (Å²) in [6.45, 7) is 3.29. The number of guanidine groups is 1. The minimum atomic E-state index is -0.270. The molecular weight excluding hydrogens is 482 g/mol. The van der Waals surface area contributed by atoms with Crippen LogP contribution in [0.25, 0.3) is 0 Å². The van der Waals surface area contributed by atoms with E-state index in [1.165, 1.54) is 11.8 Å². The lowest BCUT2D eigenvalue weighted by molar-refractivity contribution is 0.612. The summed E-state index contributed by atoms with van der Waals surface area (Å²) in [6, 6.07) is 13.7. The molecule has 1 aromatic heterocycles. The van der Waals surface area contributed by atoms with Crippen molar-refractivity contribution in [3.05, 3.63) is 54.5 Å². The van der Waals surface area contributed by atoms with Gasteiger partial charge < -0.3 is 20.4 Å². The number of benzene rings is 1. The van der Waals surface area contributed by atoms with Gasteiger partial charge in [-0.2, -0.15) is 0 Å². The number of para-hydroxylation sites is 1. The average Bonchev–Trinajstić information content (AvgIpc) is 3.19. The Kier molecular flexibility index (Phi) is 9.43. The zero-order chi connectivity index (χ0) is 19.8. The lowest BCUT2D eigenvalue weighted by atomic mass is 10.2. The molecule has 1 atom stereocenters. The number of halogens is 2. The lowest BCUT2D eigenvalue weighted by Crippen LogP contribution is -2.45. The number of anilines is 2. The smallest absolute Gasteiger partial charge is 0.191 e. The molecule has 0 bridgehead atoms. The molecule has 29 heavy (non-hydrogen) atoms. The largest absolute Gasteiger partial charge is 0.375 e. The Labute approximate surface area is 189 Å². The van der Waals surface area contributed by atoms with Crippen LogP contribution in [-0.4, -0.2) is 57.3 Å². The third-order valence-corrected chi connectivity index (χ3v) is 4.95. The van der Waals surface area contributed by atoms with Crippen molar-refractivity contribution in [2.24, 2.45) is 4.99 Å². The van der Waals surface area contributed by atoms with Gasteiger partial charge in [0.2, 0.25) is 0 Å². The molecule has 1 aliphatic heterocycles. The monoisotopic (exact) mass is 512 g/mol. The van der Waals surface area contributed by atoms with Crippen LogP contribution in [0, 0.1) is 5.82 Å². The van der Waals surface area contributed by atoms with Crippen molar-refractivity contribution in [1.29, 1.82) is 0 Å². The first-order chi connectivity index (χ1) is 13.7. The van der Waals surface area contributed by atoms with Crippen molar-refractivity contribution in [3.63, 3.8) is 0 Å². The van der Waals surface area contributed by atoms with Gasteiger partial charge in [-0.05, 0) is 37.1 Å². The van der Waals surface area contributed by atoms with Crippen LogP contribution in [-0.2, 0) is 0 Å². The number of nitrogens with zero attached hydrogens (tertiary/aromatic N) is 4. The van der Waals surface area contributed by atoms with E-state index in [-0.39, 0.29) is 35.8 Å². The zero-order valence-corrected chi connectivity index (χ0v) is 19.3. The molecule has 6 nitrogen and oxygen atoms in total. The van der Waals surface area contributed by atoms with Gasteiger partial charge in [0.05, 0.1) is 0 Å². The van der Waals surface area contributed by atoms with Crippen LogP contribution >= 0.6 is 24.0 Å². The first-order valence-corrected chi connectivity index (χ1v) is 9.76. The summed E-state index contributed by atoms with van der Waals surface area (Å²) in [5.41, 5.74) is 1.22. The summed E-state index contributed by atoms with van der Waals surface area (Å²) in [5.74, 6) is 0.947. The van der Waals surface area contributed by atoms with Gasteiger partial charge in [0.15, 0.2) is 17.6 Å². The van der Waals surface area contributed by atoms with Crippen LogP contribution in [0.2, 0.25) is 0 Å². The zero-order valence-electron chi connectivity index (χ0n) is 17.0. The van der Waals surface area contributed by atoms with E-state index >= 15 is 0 Å². The van der Waals surface area contributed by atoms with E-state index in [4.69, 9.17) is 0 Å². The quantitative estimate of drug-likeness (QED) is 0.259. The SMILES string of the molecule is CN=C(NCCCN(C)c1ccccc1)NC1CCN(c2ncccc2F)C1.I. The van der Waals surface area contributed by atoms with Crippen molar-refractivity contribution in [2.45, 2.75) is 18.9 Å². The number of nitrogens with one attached hydrogen (secondary N) is 2. The third-order valence-electron chi connectivity index (χ3n) is 4.95. The topological polar surface area (TPSA) is 55.8 Å². The second kappa shape index (κ2) is 11.8. The van der Waals surface area contributed by atoms with E-state index in [2.05, 4.69) is 56.8 Å². The van der Waals surface area contributed by atoms with Crippen LogP contribution in [0.5, 0.6) is 0 Å². The van der Waals surface area contributed by atoms with Crippen molar-refractivity contribution in [2.75, 3.05) is 50.1 Å². The summed E-state index contributed by atoms with van der Waals surface area (Å²) in [4.78, 5) is 12.7. The first-order valence-electron chi connectivity index (χ1n) is 9.76. The fourth-order valence-corrected chi connectivity index (χ4v) is 3.40. The van der Waals surface area contributed by atoms with Gasteiger partial charge in [0, 0.05) is 58.2 Å². The fraction of sp³-hybridized carbons (Fsp3) is 0.429. The molecule has 0 amide bonds. The highest BCUT2D eigenvalue weighted by Crippen LogP contribution is 2.20. The molecule has 3 rings (SSSR count). The molecule has 1 aromatic carbocycles. The molecule has 2 heterocycles. The number of aromatic nitrogens is 1. The molecule has 2 aromatic rings. The standard InChI is InChI=1S/C21H29FN6.HI/c1-23-21(25-13-7-14-27(2)18-8-4-3-5-9-18)26-17-11-15-28(16-17)20-19(22)10-6-12-24-20;/h3-6,8-10,12,17H,7,11,13-16H2,1-2H3,(H2,23,25,26);1H. The molecule has 2 N–H and O–H groups in total. The number of hydrogen-bond donors (Lipinski definition) is 2. The van der Waals surface area contributed by atoms with Crippen molar-refractivity contribution in [1.82, 2.24) is 15.6 Å². The Morgan fingerprint density at radius 2 is 2.07 bits per heavy atom. The molecule has 1 fully saturated rings. The second-order valence-electron chi connectivity index (χ2n) is 6.99. The predicted molar refractivity (Wildman–Crippen MR) is 129 cm³/mol. The van der Waals surface area contributed by atoms with Crippen LogP contribution in [0.3, 0.4) is 0 Å². The number of pyridine rings is 1. The molecule has 0 spiro atoms. The molecule has 1 saturated heterocycles. The van der Waals surface area contributed by atoms with Gasteiger partial charge in [-0.15, -0.1) is 24.0 Å². The Bertz CT molecular complexity index is 773. The third kappa shape index (κ3) is 6.73. The molecule has 8 heteroatoms. The molecular formula is C21H30FIN6. The highest BCUT2D eigenvalue weighted by Gasteiger charge is 2.25. The van der Waals surface area contributed by atoms with E-state index < -0.39 is 0 Å². The van der Waals surface area contributed by atoms with Crippen LogP contribution in [0.1, 0.15) is 12.8 Å². The summed E-state index contributed by atoms with van der Waals surface area (Å²) in [6.07, 6.45) is 3.56. The van der Waals surface area contributed by atoms with Gasteiger partial charge in [0.1, 0.15) is 0 Å². The summed E-state index contributed by atoms with van der Waals surface area (Å²) in [7, 11) is 3.88. The van der Waals surface area contributed by atoms with E-state index in [9.17, 15) is 4.39 Å². The molecule has 158 valence electrons. The van der Waals surface area contributed by atoms with E-state index in [0.29, 0.717) is 12.4 Å². The van der Waals surface area contributed by atoms with Gasteiger partial charge in [0.25, 0.3) is 0 Å². The highest BCUT2D eigenvalue weighted by atomic mass is 127. The van der Waals surface area contributed by atoms with Gasteiger partial charge in [-0.3, -0.25) is 4.99 Å². The maximum absolute atomic E-state index is 13.9. The minimum Gasteiger partial charge on any atom is -0.375 e. The Balaban J connectivity index is 0.00000300. The summed E-state index contributed by atoms with van der Waals surface area (Å²) < 4.78 is 13.9. The molecule has 0 radical (unpaired) electrons. The number of hydrogen-bond acceptors (Lipinski definition) is 4. The van der Waals surface area contributed by atoms with Crippen LogP contribution in [0.4, 0.5) is 15.9 Å². The van der Waals surface area contributed by atoms with E-state index in [0.717, 1.165) is 38.4 Å². The van der Waals surface area contributed by atoms with Crippen molar-refractivity contribution in [3.8, 4) is 0 Å². The van der Waals surface area contributed by atoms with Crippen LogP contribution in [0.15, 0.2) is 53.7 Å². The Hall–Kier alpha value is -2.10. The predicted octanol–water partition coefficient (Wildman–Crippen LogP) is 3.11. The van der Waals surface area contributed by atoms with Crippen LogP contribution < -0.4 is 20.4 Å². The molecule has 0 saturated carbocycles. The Morgan fingerprint density at radius 1 is 1.28 bits per heavy atom. The fourth-order valence-electron chi connectivity index (χ4n) is 3.40. The summed E-state index contributed by atoms with van der Waals surface area (Å²) >= 11 is 0. The van der Waals surface area contributed by atoms with E-state index in [1.807, 2.05) is 11.0 Å². The molecule has 0 aliphatic carbocycles. The van der Waals surface area contributed by atoms with Gasteiger partial charge >= 0.3 is 0 Å². The lowest BCUT2D eigenvalue weighted by Gasteiger charge is -2.21. The number of rotatable bonds is 7. The normalized spacial score (nSPS) is 16.3. The first kappa shape index (κ1) is 23.2. The van der Waals surface area contributed by atoms with E-state index in [1.54, 1.807) is 19.3 Å². The van der Waals surface area contributed by atoms with Gasteiger partial charge in [-0.1, -0.05) is 18.2 Å². The highest BCUT2D eigenvalue weighted by molar-refractivity contribution is 14.0.